The van der Waals surface area contributed by atoms with E-state index in [9.17, 15) is 10.1 Å². The average molecular weight is 218 g/mol. The number of non-ortho nitro benzene ring substituents is 1. The molecule has 0 heterocycles. The standard InChI is InChI=1S/C11H10N2O3/c12-8-10-7-11(13(15)16)5-4-9(10)3-1-2-6-14/h1,3-5,7,14H,2,6H2. The van der Waals surface area contributed by atoms with E-state index >= 15 is 0 Å². The van der Waals surface area contributed by atoms with Gasteiger partial charge in [-0.2, -0.15) is 5.26 Å². The van der Waals surface area contributed by atoms with Crippen molar-refractivity contribution in [2.24, 2.45) is 0 Å². The second-order valence-corrected chi connectivity index (χ2v) is 3.06. The molecule has 1 rings (SSSR count). The van der Waals surface area contributed by atoms with Crippen molar-refractivity contribution in [2.45, 2.75) is 6.42 Å². The van der Waals surface area contributed by atoms with Crippen LogP contribution in [0.15, 0.2) is 24.3 Å². The number of nitriles is 1. The van der Waals surface area contributed by atoms with Gasteiger partial charge in [0.25, 0.3) is 5.69 Å². The molecule has 1 aromatic carbocycles. The van der Waals surface area contributed by atoms with Crippen LogP contribution in [0.3, 0.4) is 0 Å². The fraction of sp³-hybridized carbons (Fsp3) is 0.182. The molecule has 5 nitrogen and oxygen atoms in total. The van der Waals surface area contributed by atoms with Gasteiger partial charge in [-0.05, 0) is 18.1 Å². The quantitative estimate of drug-likeness (QED) is 0.617. The van der Waals surface area contributed by atoms with Crippen LogP contribution < -0.4 is 0 Å². The summed E-state index contributed by atoms with van der Waals surface area (Å²) in [5.41, 5.74) is 0.765. The zero-order valence-corrected chi connectivity index (χ0v) is 8.46. The van der Waals surface area contributed by atoms with Crippen LogP contribution in [0, 0.1) is 21.4 Å². The summed E-state index contributed by atoms with van der Waals surface area (Å²) in [4.78, 5) is 9.95. The summed E-state index contributed by atoms with van der Waals surface area (Å²) in [7, 11) is 0. The predicted molar refractivity (Wildman–Crippen MR) is 58.5 cm³/mol. The number of aliphatic hydroxyl groups excluding tert-OH is 1. The Labute approximate surface area is 92.4 Å². The van der Waals surface area contributed by atoms with Gasteiger partial charge in [-0.3, -0.25) is 10.1 Å². The van der Waals surface area contributed by atoms with Crippen LogP contribution in [0.25, 0.3) is 6.08 Å². The first-order chi connectivity index (χ1) is 7.69. The largest absolute Gasteiger partial charge is 0.396 e. The number of hydrogen-bond acceptors (Lipinski definition) is 4. The molecule has 0 saturated heterocycles. The zero-order valence-electron chi connectivity index (χ0n) is 8.46. The fourth-order valence-electron chi connectivity index (χ4n) is 1.18. The van der Waals surface area contributed by atoms with Gasteiger partial charge in [-0.15, -0.1) is 0 Å². The lowest BCUT2D eigenvalue weighted by Crippen LogP contribution is -1.90. The second kappa shape index (κ2) is 5.63. The van der Waals surface area contributed by atoms with Gasteiger partial charge >= 0.3 is 0 Å². The van der Waals surface area contributed by atoms with Crippen LogP contribution in [0.1, 0.15) is 17.5 Å². The minimum atomic E-state index is -0.540. The molecule has 5 heteroatoms. The average Bonchev–Trinajstić information content (AvgIpc) is 2.29. The van der Waals surface area contributed by atoms with Crippen molar-refractivity contribution in [3.63, 3.8) is 0 Å². The maximum atomic E-state index is 10.5. The molecule has 0 spiro atoms. The van der Waals surface area contributed by atoms with E-state index in [1.165, 1.54) is 18.2 Å². The number of rotatable bonds is 4. The van der Waals surface area contributed by atoms with E-state index in [-0.39, 0.29) is 17.9 Å². The monoisotopic (exact) mass is 218 g/mol. The lowest BCUT2D eigenvalue weighted by molar-refractivity contribution is -0.384. The van der Waals surface area contributed by atoms with Crippen LogP contribution >= 0.6 is 0 Å². The highest BCUT2D eigenvalue weighted by molar-refractivity contribution is 5.60. The number of aliphatic hydroxyl groups is 1. The molecule has 0 unspecified atom stereocenters. The van der Waals surface area contributed by atoms with Gasteiger partial charge in [-0.1, -0.05) is 12.2 Å². The van der Waals surface area contributed by atoms with E-state index < -0.39 is 4.92 Å². The minimum absolute atomic E-state index is 0.0331. The Balaban J connectivity index is 3.03. The molecule has 1 N–H and O–H groups in total. The highest BCUT2D eigenvalue weighted by Gasteiger charge is 2.08. The minimum Gasteiger partial charge on any atom is -0.396 e. The lowest BCUT2D eigenvalue weighted by atomic mass is 10.1. The molecule has 0 saturated carbocycles. The maximum Gasteiger partial charge on any atom is 0.270 e. The Morgan fingerprint density at radius 2 is 2.31 bits per heavy atom. The van der Waals surface area contributed by atoms with Crippen molar-refractivity contribution in [1.82, 2.24) is 0 Å². The van der Waals surface area contributed by atoms with Crippen LogP contribution in [-0.4, -0.2) is 16.6 Å². The van der Waals surface area contributed by atoms with Crippen LogP contribution in [0.2, 0.25) is 0 Å². The van der Waals surface area contributed by atoms with Gasteiger partial charge in [0, 0.05) is 18.7 Å². The van der Waals surface area contributed by atoms with Gasteiger partial charge < -0.3 is 5.11 Å². The summed E-state index contributed by atoms with van der Waals surface area (Å²) in [6.07, 6.45) is 3.86. The Morgan fingerprint density at radius 1 is 1.56 bits per heavy atom. The SMILES string of the molecule is N#Cc1cc([N+](=O)[O-])ccc1C=CCCO. The van der Waals surface area contributed by atoms with Crippen molar-refractivity contribution < 1.29 is 10.0 Å². The summed E-state index contributed by atoms with van der Waals surface area (Å²) >= 11 is 0. The van der Waals surface area contributed by atoms with E-state index in [0.717, 1.165) is 0 Å². The van der Waals surface area contributed by atoms with Gasteiger partial charge in [0.2, 0.25) is 0 Å². The van der Waals surface area contributed by atoms with Gasteiger partial charge in [0.15, 0.2) is 0 Å². The first-order valence-corrected chi connectivity index (χ1v) is 4.65. The Bertz CT molecular complexity index is 461. The maximum absolute atomic E-state index is 10.5. The van der Waals surface area contributed by atoms with Crippen molar-refractivity contribution in [3.05, 3.63) is 45.5 Å². The molecule has 82 valence electrons. The molecular formula is C11H10N2O3. The van der Waals surface area contributed by atoms with Crippen LogP contribution in [0.4, 0.5) is 5.69 Å². The highest BCUT2D eigenvalue weighted by Crippen LogP contribution is 2.18. The number of nitro benzene ring substituents is 1. The van der Waals surface area contributed by atoms with Crippen LogP contribution in [-0.2, 0) is 0 Å². The summed E-state index contributed by atoms with van der Waals surface area (Å²) in [6.45, 7) is 0.0331. The first kappa shape index (κ1) is 11.9. The van der Waals surface area contributed by atoms with Crippen molar-refractivity contribution in [2.75, 3.05) is 6.61 Å². The molecule has 0 amide bonds. The number of benzene rings is 1. The topological polar surface area (TPSA) is 87.2 Å². The van der Waals surface area contributed by atoms with E-state index in [4.69, 9.17) is 10.4 Å². The first-order valence-electron chi connectivity index (χ1n) is 4.65. The number of nitrogens with zero attached hydrogens (tertiary/aromatic N) is 2. The van der Waals surface area contributed by atoms with Crippen molar-refractivity contribution >= 4 is 11.8 Å². The summed E-state index contributed by atoms with van der Waals surface area (Å²) in [5, 5.41) is 27.9. The third-order valence-corrected chi connectivity index (χ3v) is 1.96. The number of nitro groups is 1. The fourth-order valence-corrected chi connectivity index (χ4v) is 1.18. The normalized spacial score (nSPS) is 10.2. The molecule has 0 aliphatic carbocycles. The van der Waals surface area contributed by atoms with Gasteiger partial charge in [0.1, 0.15) is 6.07 Å². The van der Waals surface area contributed by atoms with E-state index in [1.54, 1.807) is 12.2 Å². The highest BCUT2D eigenvalue weighted by atomic mass is 16.6. The molecule has 1 aromatic rings. The Hall–Kier alpha value is -2.19. The van der Waals surface area contributed by atoms with Crippen molar-refractivity contribution in [3.8, 4) is 6.07 Å². The zero-order chi connectivity index (χ0) is 12.0. The molecule has 0 aromatic heterocycles. The smallest absolute Gasteiger partial charge is 0.270 e. The van der Waals surface area contributed by atoms with E-state index in [1.807, 2.05) is 6.07 Å². The predicted octanol–water partition coefficient (Wildman–Crippen LogP) is 1.86. The molecule has 0 fully saturated rings. The number of hydrogen-bond donors (Lipinski definition) is 1. The third kappa shape index (κ3) is 2.90. The van der Waals surface area contributed by atoms with E-state index in [2.05, 4.69) is 0 Å². The Morgan fingerprint density at radius 3 is 2.88 bits per heavy atom. The summed E-state index contributed by atoms with van der Waals surface area (Å²) < 4.78 is 0. The molecule has 16 heavy (non-hydrogen) atoms. The second-order valence-electron chi connectivity index (χ2n) is 3.06. The Kier molecular flexibility index (Phi) is 4.18. The molecule has 0 radical (unpaired) electrons. The van der Waals surface area contributed by atoms with Crippen molar-refractivity contribution in [1.29, 1.82) is 5.26 Å². The molecular weight excluding hydrogens is 208 g/mol. The molecule has 0 atom stereocenters. The summed E-state index contributed by atoms with van der Waals surface area (Å²) in [5.74, 6) is 0. The third-order valence-electron chi connectivity index (χ3n) is 1.96. The molecule has 0 bridgehead atoms. The molecule has 0 aliphatic rings. The lowest BCUT2D eigenvalue weighted by Gasteiger charge is -1.97. The van der Waals surface area contributed by atoms with Gasteiger partial charge in [-0.25, -0.2) is 0 Å². The van der Waals surface area contributed by atoms with Gasteiger partial charge in [0.05, 0.1) is 10.5 Å². The van der Waals surface area contributed by atoms with Crippen LogP contribution in [0.5, 0.6) is 0 Å². The molecule has 0 aliphatic heterocycles. The van der Waals surface area contributed by atoms with E-state index in [0.29, 0.717) is 12.0 Å². The summed E-state index contributed by atoms with van der Waals surface area (Å²) in [6, 6.07) is 6.00.